The van der Waals surface area contributed by atoms with Gasteiger partial charge in [0, 0.05) is 16.3 Å². The standard InChI is InChI=1S/C23H32N4O4S2/c1-15(2)13-19(27-33(30,31)17-7-4-3-5-8-17)23(29)26-21(20-11-10-16(14-24)32-20)22(28)18-9-6-12-25-18/h3-5,7-8,10-11,15,18-19,21,25,27H,6,9,12-14,24H2,1-2H3,(H,26,29)/t18-,19+,21?/m0/s1. The summed E-state index contributed by atoms with van der Waals surface area (Å²) in [6.07, 6.45) is 1.89. The van der Waals surface area contributed by atoms with Gasteiger partial charge in [-0.2, -0.15) is 4.72 Å². The molecule has 0 radical (unpaired) electrons. The summed E-state index contributed by atoms with van der Waals surface area (Å²) in [6, 6.07) is 9.35. The molecule has 180 valence electrons. The topological polar surface area (TPSA) is 130 Å². The molecule has 1 aliphatic rings. The molecule has 1 saturated heterocycles. The SMILES string of the molecule is CC(C)C[C@@H](NS(=O)(=O)c1ccccc1)C(=O)NC(C(=O)[C@@H]1CCCN1)c1ccc(CN)s1. The number of carbonyl (C=O) groups excluding carboxylic acids is 2. The van der Waals surface area contributed by atoms with Crippen molar-refractivity contribution >= 4 is 33.1 Å². The van der Waals surface area contributed by atoms with Crippen LogP contribution in [0.5, 0.6) is 0 Å². The maximum atomic E-state index is 13.3. The van der Waals surface area contributed by atoms with E-state index in [0.29, 0.717) is 24.3 Å². The van der Waals surface area contributed by atoms with Crippen molar-refractivity contribution in [1.82, 2.24) is 15.4 Å². The van der Waals surface area contributed by atoms with Gasteiger partial charge in [0.25, 0.3) is 0 Å². The van der Waals surface area contributed by atoms with E-state index >= 15 is 0 Å². The fourth-order valence-electron chi connectivity index (χ4n) is 3.85. The van der Waals surface area contributed by atoms with E-state index in [1.165, 1.54) is 23.5 Å². The highest BCUT2D eigenvalue weighted by atomic mass is 32.2. The van der Waals surface area contributed by atoms with Gasteiger partial charge < -0.3 is 16.4 Å². The number of hydrogen-bond donors (Lipinski definition) is 4. The summed E-state index contributed by atoms with van der Waals surface area (Å²) in [5, 5.41) is 6.03. The van der Waals surface area contributed by atoms with E-state index in [1.54, 1.807) is 24.3 Å². The van der Waals surface area contributed by atoms with Gasteiger partial charge in [0.15, 0.2) is 5.78 Å². The highest BCUT2D eigenvalue weighted by molar-refractivity contribution is 7.89. The van der Waals surface area contributed by atoms with Crippen molar-refractivity contribution in [2.24, 2.45) is 11.7 Å². The van der Waals surface area contributed by atoms with Crippen LogP contribution in [0.2, 0.25) is 0 Å². The van der Waals surface area contributed by atoms with Crippen LogP contribution in [0.15, 0.2) is 47.4 Å². The van der Waals surface area contributed by atoms with E-state index in [9.17, 15) is 18.0 Å². The first-order chi connectivity index (χ1) is 15.7. The number of benzene rings is 1. The van der Waals surface area contributed by atoms with Crippen LogP contribution in [0.3, 0.4) is 0 Å². The number of sulfonamides is 1. The summed E-state index contributed by atoms with van der Waals surface area (Å²) >= 11 is 1.38. The molecule has 2 aromatic rings. The second-order valence-corrected chi connectivity index (χ2v) is 11.5. The second-order valence-electron chi connectivity index (χ2n) is 8.62. The summed E-state index contributed by atoms with van der Waals surface area (Å²) in [7, 11) is -3.91. The first kappa shape index (κ1) is 25.5. The van der Waals surface area contributed by atoms with Crippen LogP contribution in [0.25, 0.3) is 0 Å². The number of Topliss-reactive ketones (excluding diaryl/α,β-unsaturated/α-hetero) is 1. The van der Waals surface area contributed by atoms with Crippen LogP contribution in [-0.4, -0.2) is 38.7 Å². The predicted molar refractivity (Wildman–Crippen MR) is 129 cm³/mol. The van der Waals surface area contributed by atoms with E-state index in [-0.39, 0.29) is 22.6 Å². The third-order valence-electron chi connectivity index (χ3n) is 5.52. The van der Waals surface area contributed by atoms with Crippen molar-refractivity contribution in [3.63, 3.8) is 0 Å². The Morgan fingerprint density at radius 3 is 2.48 bits per heavy atom. The minimum absolute atomic E-state index is 0.0513. The van der Waals surface area contributed by atoms with Gasteiger partial charge in [-0.25, -0.2) is 8.42 Å². The number of rotatable bonds is 11. The molecule has 2 heterocycles. The molecule has 5 N–H and O–H groups in total. The number of hydrogen-bond acceptors (Lipinski definition) is 7. The molecule has 1 fully saturated rings. The van der Waals surface area contributed by atoms with Gasteiger partial charge >= 0.3 is 0 Å². The quantitative estimate of drug-likeness (QED) is 0.380. The Bertz CT molecular complexity index is 1050. The second kappa shape index (κ2) is 11.3. The fourth-order valence-corrected chi connectivity index (χ4v) is 6.03. The zero-order valence-electron chi connectivity index (χ0n) is 18.9. The van der Waals surface area contributed by atoms with E-state index in [4.69, 9.17) is 5.73 Å². The highest BCUT2D eigenvalue weighted by Gasteiger charge is 2.35. The summed E-state index contributed by atoms with van der Waals surface area (Å²) in [4.78, 5) is 28.3. The van der Waals surface area contributed by atoms with Gasteiger partial charge in [0.2, 0.25) is 15.9 Å². The monoisotopic (exact) mass is 492 g/mol. The van der Waals surface area contributed by atoms with Gasteiger partial charge in [0.05, 0.1) is 10.9 Å². The average molecular weight is 493 g/mol. The summed E-state index contributed by atoms with van der Waals surface area (Å²) < 4.78 is 28.3. The van der Waals surface area contributed by atoms with Gasteiger partial charge in [0.1, 0.15) is 12.1 Å². The molecule has 1 aromatic heterocycles. The Labute approximate surface area is 199 Å². The van der Waals surface area contributed by atoms with Crippen LogP contribution in [0.1, 0.15) is 48.9 Å². The summed E-state index contributed by atoms with van der Waals surface area (Å²) in [5.74, 6) is -0.599. The number of amides is 1. The normalized spacial score (nSPS) is 18.2. The van der Waals surface area contributed by atoms with Crippen LogP contribution < -0.4 is 21.1 Å². The summed E-state index contributed by atoms with van der Waals surface area (Å²) in [5.41, 5.74) is 5.74. The van der Waals surface area contributed by atoms with E-state index in [1.807, 2.05) is 19.9 Å². The van der Waals surface area contributed by atoms with Crippen molar-refractivity contribution in [2.75, 3.05) is 6.54 Å². The molecule has 1 amide bonds. The third-order valence-corrected chi connectivity index (χ3v) is 8.18. The van der Waals surface area contributed by atoms with Crippen LogP contribution >= 0.6 is 11.3 Å². The highest BCUT2D eigenvalue weighted by Crippen LogP contribution is 2.27. The minimum Gasteiger partial charge on any atom is -0.340 e. The van der Waals surface area contributed by atoms with Crippen LogP contribution in [-0.2, 0) is 26.2 Å². The molecule has 1 unspecified atom stereocenters. The predicted octanol–water partition coefficient (Wildman–Crippen LogP) is 2.08. The van der Waals surface area contributed by atoms with Crippen molar-refractivity contribution in [1.29, 1.82) is 0 Å². The molecule has 0 aliphatic carbocycles. The molecule has 0 saturated carbocycles. The third kappa shape index (κ3) is 6.70. The lowest BCUT2D eigenvalue weighted by atomic mass is 10.00. The molecule has 33 heavy (non-hydrogen) atoms. The minimum atomic E-state index is -3.91. The van der Waals surface area contributed by atoms with Crippen LogP contribution in [0.4, 0.5) is 0 Å². The Morgan fingerprint density at radius 1 is 1.18 bits per heavy atom. The number of thiophene rings is 1. The lowest BCUT2D eigenvalue weighted by Crippen LogP contribution is -2.50. The number of ketones is 1. The Balaban J connectivity index is 1.85. The Kier molecular flexibility index (Phi) is 8.77. The molecule has 0 bridgehead atoms. The number of carbonyl (C=O) groups is 2. The van der Waals surface area contributed by atoms with Crippen molar-refractivity contribution in [3.05, 3.63) is 52.2 Å². The Hall–Kier alpha value is -2.11. The largest absolute Gasteiger partial charge is 0.340 e. The Morgan fingerprint density at radius 2 is 1.91 bits per heavy atom. The zero-order valence-corrected chi connectivity index (χ0v) is 20.5. The molecule has 1 aromatic carbocycles. The smallest absolute Gasteiger partial charge is 0.241 e. The molecule has 3 rings (SSSR count). The van der Waals surface area contributed by atoms with Gasteiger partial charge in [-0.1, -0.05) is 32.0 Å². The average Bonchev–Trinajstić information content (AvgIpc) is 3.49. The number of nitrogens with one attached hydrogen (secondary N) is 3. The summed E-state index contributed by atoms with van der Waals surface area (Å²) in [6.45, 7) is 4.92. The van der Waals surface area contributed by atoms with Crippen molar-refractivity contribution in [3.8, 4) is 0 Å². The van der Waals surface area contributed by atoms with E-state index in [2.05, 4.69) is 15.4 Å². The zero-order chi connectivity index (χ0) is 24.0. The van der Waals surface area contributed by atoms with Crippen molar-refractivity contribution in [2.45, 2.75) is 62.7 Å². The fraction of sp³-hybridized carbons (Fsp3) is 0.478. The van der Waals surface area contributed by atoms with E-state index < -0.39 is 28.0 Å². The lowest BCUT2D eigenvalue weighted by molar-refractivity contribution is -0.129. The molecular formula is C23H32N4O4S2. The first-order valence-electron chi connectivity index (χ1n) is 11.1. The van der Waals surface area contributed by atoms with Crippen molar-refractivity contribution < 1.29 is 18.0 Å². The van der Waals surface area contributed by atoms with Gasteiger partial charge in [-0.15, -0.1) is 11.3 Å². The molecule has 0 spiro atoms. The molecule has 10 heteroatoms. The van der Waals surface area contributed by atoms with E-state index in [0.717, 1.165) is 17.8 Å². The first-order valence-corrected chi connectivity index (χ1v) is 13.4. The maximum absolute atomic E-state index is 13.3. The van der Waals surface area contributed by atoms with Crippen LogP contribution in [0, 0.1) is 5.92 Å². The maximum Gasteiger partial charge on any atom is 0.241 e. The lowest BCUT2D eigenvalue weighted by Gasteiger charge is -2.25. The molecule has 3 atom stereocenters. The molecule has 1 aliphatic heterocycles. The van der Waals surface area contributed by atoms with Gasteiger partial charge in [-0.3, -0.25) is 9.59 Å². The van der Waals surface area contributed by atoms with Gasteiger partial charge in [-0.05, 0) is 56.0 Å². The molecular weight excluding hydrogens is 460 g/mol. The molecule has 8 nitrogen and oxygen atoms in total. The number of nitrogens with two attached hydrogens (primary N) is 1.